The highest BCUT2D eigenvalue weighted by Crippen LogP contribution is 2.19. The first-order chi connectivity index (χ1) is 10.1. The number of likely N-dealkylation sites (tertiary alicyclic amines) is 1. The molecule has 1 aromatic heterocycles. The molecule has 0 aliphatic carbocycles. The average Bonchev–Trinajstić information content (AvgIpc) is 2.90. The van der Waals surface area contributed by atoms with Gasteiger partial charge in [0.1, 0.15) is 0 Å². The maximum Gasteiger partial charge on any atom is 0.0971 e. The maximum absolute atomic E-state index is 9.53. The van der Waals surface area contributed by atoms with Crippen molar-refractivity contribution in [1.29, 1.82) is 0 Å². The van der Waals surface area contributed by atoms with Crippen molar-refractivity contribution in [3.8, 4) is 5.69 Å². The second-order valence-electron chi connectivity index (χ2n) is 5.59. The minimum Gasteiger partial charge on any atom is -0.393 e. The van der Waals surface area contributed by atoms with Crippen LogP contribution < -0.4 is 0 Å². The fraction of sp³-hybridized carbons (Fsp3) is 0.467. The van der Waals surface area contributed by atoms with E-state index in [0.29, 0.717) is 0 Å². The van der Waals surface area contributed by atoms with Crippen LogP contribution in [0.2, 0.25) is 5.02 Å². The number of aryl methyl sites for hydroxylation is 1. The molecule has 1 N–H and O–H groups in total. The molecular weight excluding hydrogens is 288 g/mol. The van der Waals surface area contributed by atoms with Gasteiger partial charge in [-0.15, -0.1) is 5.10 Å². The zero-order valence-corrected chi connectivity index (χ0v) is 12.8. The van der Waals surface area contributed by atoms with E-state index in [-0.39, 0.29) is 6.10 Å². The Morgan fingerprint density at radius 2 is 2.10 bits per heavy atom. The van der Waals surface area contributed by atoms with Crippen molar-refractivity contribution in [2.45, 2.75) is 32.4 Å². The second-order valence-corrected chi connectivity index (χ2v) is 6.03. The molecule has 1 aromatic carbocycles. The summed E-state index contributed by atoms with van der Waals surface area (Å²) in [6.45, 7) is 4.61. The Hall–Kier alpha value is -1.43. The Labute approximate surface area is 129 Å². The number of hydrogen-bond acceptors (Lipinski definition) is 4. The lowest BCUT2D eigenvalue weighted by Gasteiger charge is -2.28. The molecule has 3 rings (SSSR count). The number of benzene rings is 1. The molecule has 6 heteroatoms. The lowest BCUT2D eigenvalue weighted by atomic mass is 10.1. The fourth-order valence-electron chi connectivity index (χ4n) is 2.67. The Morgan fingerprint density at radius 1 is 1.33 bits per heavy atom. The molecule has 112 valence electrons. The fourth-order valence-corrected chi connectivity index (χ4v) is 2.90. The van der Waals surface area contributed by atoms with E-state index < -0.39 is 0 Å². The Kier molecular flexibility index (Phi) is 4.24. The molecule has 1 fully saturated rings. The largest absolute Gasteiger partial charge is 0.393 e. The standard InChI is InChI=1S/C15H19ClN4O/c1-11-8-12(16)2-3-15(11)20-10-13(17-18-20)9-19-6-4-14(21)5-7-19/h2-3,8,10,14,21H,4-7,9H2,1H3. The molecule has 2 heterocycles. The van der Waals surface area contributed by atoms with Gasteiger partial charge in [0.05, 0.1) is 23.7 Å². The average molecular weight is 307 g/mol. The Bertz CT molecular complexity index is 620. The highest BCUT2D eigenvalue weighted by Gasteiger charge is 2.18. The van der Waals surface area contributed by atoms with E-state index in [9.17, 15) is 5.11 Å². The van der Waals surface area contributed by atoms with Crippen molar-refractivity contribution in [1.82, 2.24) is 19.9 Å². The lowest BCUT2D eigenvalue weighted by molar-refractivity contribution is 0.0786. The van der Waals surface area contributed by atoms with Gasteiger partial charge in [0.25, 0.3) is 0 Å². The molecule has 0 radical (unpaired) electrons. The van der Waals surface area contributed by atoms with E-state index in [1.165, 1.54) is 0 Å². The van der Waals surface area contributed by atoms with Gasteiger partial charge in [-0.25, -0.2) is 4.68 Å². The molecular formula is C15H19ClN4O. The van der Waals surface area contributed by atoms with Gasteiger partial charge >= 0.3 is 0 Å². The summed E-state index contributed by atoms with van der Waals surface area (Å²) >= 11 is 5.98. The molecule has 0 spiro atoms. The van der Waals surface area contributed by atoms with Crippen molar-refractivity contribution >= 4 is 11.6 Å². The smallest absolute Gasteiger partial charge is 0.0971 e. The van der Waals surface area contributed by atoms with Crippen molar-refractivity contribution in [3.05, 3.63) is 40.7 Å². The van der Waals surface area contributed by atoms with E-state index in [0.717, 1.165) is 54.4 Å². The summed E-state index contributed by atoms with van der Waals surface area (Å²) in [6.07, 6.45) is 3.49. The second kappa shape index (κ2) is 6.13. The van der Waals surface area contributed by atoms with Crippen molar-refractivity contribution in [3.63, 3.8) is 0 Å². The van der Waals surface area contributed by atoms with Crippen LogP contribution in [0.25, 0.3) is 5.69 Å². The zero-order chi connectivity index (χ0) is 14.8. The molecule has 21 heavy (non-hydrogen) atoms. The Balaban J connectivity index is 1.71. The summed E-state index contributed by atoms with van der Waals surface area (Å²) in [5.74, 6) is 0. The van der Waals surface area contributed by atoms with Crippen molar-refractivity contribution in [2.75, 3.05) is 13.1 Å². The van der Waals surface area contributed by atoms with Gasteiger partial charge in [0, 0.05) is 24.7 Å². The number of hydrogen-bond donors (Lipinski definition) is 1. The monoisotopic (exact) mass is 306 g/mol. The van der Waals surface area contributed by atoms with Crippen molar-refractivity contribution < 1.29 is 5.11 Å². The van der Waals surface area contributed by atoms with Crippen LogP contribution in [0.4, 0.5) is 0 Å². The molecule has 2 aromatic rings. The van der Waals surface area contributed by atoms with Crippen LogP contribution in [-0.4, -0.2) is 44.2 Å². The van der Waals surface area contributed by atoms with Crippen LogP contribution in [-0.2, 0) is 6.54 Å². The van der Waals surface area contributed by atoms with Gasteiger partial charge in [-0.1, -0.05) is 16.8 Å². The number of aromatic nitrogens is 3. The van der Waals surface area contributed by atoms with Gasteiger partial charge in [0.15, 0.2) is 0 Å². The highest BCUT2D eigenvalue weighted by atomic mass is 35.5. The first-order valence-corrected chi connectivity index (χ1v) is 7.58. The van der Waals surface area contributed by atoms with Crippen LogP contribution >= 0.6 is 11.6 Å². The van der Waals surface area contributed by atoms with Gasteiger partial charge in [-0.3, -0.25) is 4.90 Å². The molecule has 0 unspecified atom stereocenters. The molecule has 0 saturated carbocycles. The minimum absolute atomic E-state index is 0.145. The molecule has 1 aliphatic heterocycles. The summed E-state index contributed by atoms with van der Waals surface area (Å²) in [7, 11) is 0. The quantitative estimate of drug-likeness (QED) is 0.944. The Morgan fingerprint density at radius 3 is 2.81 bits per heavy atom. The first kappa shape index (κ1) is 14.5. The molecule has 0 bridgehead atoms. The lowest BCUT2D eigenvalue weighted by Crippen LogP contribution is -2.35. The summed E-state index contributed by atoms with van der Waals surface area (Å²) in [5, 5.41) is 18.7. The minimum atomic E-state index is -0.145. The summed E-state index contributed by atoms with van der Waals surface area (Å²) in [6, 6.07) is 5.73. The number of aliphatic hydroxyl groups is 1. The normalized spacial score (nSPS) is 17.3. The highest BCUT2D eigenvalue weighted by molar-refractivity contribution is 6.30. The third-order valence-electron chi connectivity index (χ3n) is 3.89. The third kappa shape index (κ3) is 3.43. The molecule has 1 aliphatic rings. The number of halogens is 1. The van der Waals surface area contributed by atoms with E-state index in [4.69, 9.17) is 11.6 Å². The summed E-state index contributed by atoms with van der Waals surface area (Å²) < 4.78 is 1.79. The van der Waals surface area contributed by atoms with Crippen LogP contribution in [0.15, 0.2) is 24.4 Å². The maximum atomic E-state index is 9.53. The summed E-state index contributed by atoms with van der Waals surface area (Å²) in [5.41, 5.74) is 3.01. The van der Waals surface area contributed by atoms with Gasteiger partial charge < -0.3 is 5.11 Å². The van der Waals surface area contributed by atoms with E-state index >= 15 is 0 Å². The number of aliphatic hydroxyl groups excluding tert-OH is 1. The van der Waals surface area contributed by atoms with Crippen LogP contribution in [0.3, 0.4) is 0 Å². The topological polar surface area (TPSA) is 54.2 Å². The van der Waals surface area contributed by atoms with Gasteiger partial charge in [-0.2, -0.15) is 0 Å². The number of rotatable bonds is 3. The first-order valence-electron chi connectivity index (χ1n) is 7.20. The third-order valence-corrected chi connectivity index (χ3v) is 4.12. The zero-order valence-electron chi connectivity index (χ0n) is 12.0. The van der Waals surface area contributed by atoms with Crippen LogP contribution in [0, 0.1) is 6.92 Å². The molecule has 0 atom stereocenters. The summed E-state index contributed by atoms with van der Waals surface area (Å²) in [4.78, 5) is 2.30. The number of piperidine rings is 1. The number of nitrogens with zero attached hydrogens (tertiary/aromatic N) is 4. The molecule has 1 saturated heterocycles. The molecule has 0 amide bonds. The predicted octanol–water partition coefficient (Wildman–Crippen LogP) is 2.19. The van der Waals surface area contributed by atoms with Gasteiger partial charge in [0.2, 0.25) is 0 Å². The molecule has 5 nitrogen and oxygen atoms in total. The van der Waals surface area contributed by atoms with Crippen LogP contribution in [0.1, 0.15) is 24.1 Å². The SMILES string of the molecule is Cc1cc(Cl)ccc1-n1cc(CN2CCC(O)CC2)nn1. The van der Waals surface area contributed by atoms with E-state index in [2.05, 4.69) is 15.2 Å². The predicted molar refractivity (Wildman–Crippen MR) is 81.6 cm³/mol. The van der Waals surface area contributed by atoms with Crippen LogP contribution in [0.5, 0.6) is 0 Å². The van der Waals surface area contributed by atoms with Gasteiger partial charge in [-0.05, 0) is 43.5 Å². The van der Waals surface area contributed by atoms with E-state index in [1.807, 2.05) is 31.3 Å². The van der Waals surface area contributed by atoms with E-state index in [1.54, 1.807) is 4.68 Å². The van der Waals surface area contributed by atoms with Crippen molar-refractivity contribution in [2.24, 2.45) is 0 Å².